The number of anilines is 1. The van der Waals surface area contributed by atoms with Gasteiger partial charge < -0.3 is 9.80 Å². The van der Waals surface area contributed by atoms with Gasteiger partial charge in [-0.05, 0) is 53.9 Å². The number of carbonyl (C=O) groups excluding carboxylic acids is 3. The van der Waals surface area contributed by atoms with E-state index in [0.717, 1.165) is 28.4 Å². The third kappa shape index (κ3) is 4.49. The number of hydrogen-bond acceptors (Lipinski definition) is 3. The summed E-state index contributed by atoms with van der Waals surface area (Å²) in [6.45, 7) is 4.59. The first-order valence-corrected chi connectivity index (χ1v) is 10.9. The Bertz CT molecular complexity index is 1170. The molecule has 0 atom stereocenters. The second-order valence-corrected chi connectivity index (χ2v) is 8.18. The van der Waals surface area contributed by atoms with Gasteiger partial charge in [0.2, 0.25) is 11.8 Å². The van der Waals surface area contributed by atoms with Gasteiger partial charge in [-0.25, -0.2) is 0 Å². The fraction of sp³-hybridized carbons (Fsp3) is 0.269. The van der Waals surface area contributed by atoms with E-state index in [-0.39, 0.29) is 37.5 Å². The highest BCUT2D eigenvalue weighted by Gasteiger charge is 2.33. The number of rotatable bonds is 6. The van der Waals surface area contributed by atoms with Crippen molar-refractivity contribution in [3.05, 3.63) is 77.9 Å². The molecule has 1 fully saturated rings. The second kappa shape index (κ2) is 9.22. The summed E-state index contributed by atoms with van der Waals surface area (Å²) >= 11 is 0. The fourth-order valence-corrected chi connectivity index (χ4v) is 4.03. The molecule has 1 saturated heterocycles. The molecule has 3 aromatic rings. The molecule has 0 aromatic heterocycles. The molecule has 0 spiro atoms. The highest BCUT2D eigenvalue weighted by Crippen LogP contribution is 2.21. The van der Waals surface area contributed by atoms with E-state index in [1.807, 2.05) is 74.5 Å². The molecule has 0 saturated carbocycles. The van der Waals surface area contributed by atoms with Crippen LogP contribution in [-0.2, 0) is 9.59 Å². The van der Waals surface area contributed by atoms with Crippen LogP contribution in [0.25, 0.3) is 10.8 Å². The Morgan fingerprint density at radius 1 is 0.969 bits per heavy atom. The number of amides is 3. The van der Waals surface area contributed by atoms with Crippen molar-refractivity contribution in [2.45, 2.75) is 20.3 Å². The van der Waals surface area contributed by atoms with Crippen molar-refractivity contribution in [1.82, 2.24) is 9.80 Å². The lowest BCUT2D eigenvalue weighted by Gasteiger charge is -2.25. The topological polar surface area (TPSA) is 60.9 Å². The van der Waals surface area contributed by atoms with Gasteiger partial charge in [0.15, 0.2) is 0 Å². The third-order valence-electron chi connectivity index (χ3n) is 5.71. The molecule has 1 heterocycles. The van der Waals surface area contributed by atoms with Crippen LogP contribution in [0, 0.1) is 6.92 Å². The molecule has 1 aliphatic heterocycles. The maximum atomic E-state index is 13.2. The van der Waals surface area contributed by atoms with Crippen molar-refractivity contribution < 1.29 is 14.4 Å². The molecule has 0 radical (unpaired) electrons. The third-order valence-corrected chi connectivity index (χ3v) is 5.71. The Morgan fingerprint density at radius 2 is 1.75 bits per heavy atom. The van der Waals surface area contributed by atoms with Gasteiger partial charge in [0.05, 0.1) is 0 Å². The summed E-state index contributed by atoms with van der Waals surface area (Å²) in [6.07, 6.45) is 0.737. The summed E-state index contributed by atoms with van der Waals surface area (Å²) in [5.74, 6) is -0.519. The fourth-order valence-electron chi connectivity index (χ4n) is 4.03. The summed E-state index contributed by atoms with van der Waals surface area (Å²) in [6, 6.07) is 21.1. The van der Waals surface area contributed by atoms with Crippen molar-refractivity contribution in [1.29, 1.82) is 0 Å². The molecule has 0 unspecified atom stereocenters. The summed E-state index contributed by atoms with van der Waals surface area (Å²) in [4.78, 5) is 43.5. The highest BCUT2D eigenvalue weighted by molar-refractivity contribution is 6.02. The maximum Gasteiger partial charge on any atom is 0.254 e. The molecule has 0 N–H and O–H groups in total. The van der Waals surface area contributed by atoms with Crippen LogP contribution in [0.5, 0.6) is 0 Å². The zero-order valence-electron chi connectivity index (χ0n) is 18.5. The normalized spacial score (nSPS) is 13.6. The van der Waals surface area contributed by atoms with E-state index >= 15 is 0 Å². The maximum absolute atomic E-state index is 13.2. The molecule has 32 heavy (non-hydrogen) atoms. The number of nitrogens with zero attached hydrogens (tertiary/aromatic N) is 3. The minimum absolute atomic E-state index is 0.0247. The average molecular weight is 430 g/mol. The van der Waals surface area contributed by atoms with Crippen LogP contribution in [0.15, 0.2) is 66.7 Å². The Hall–Kier alpha value is -3.67. The van der Waals surface area contributed by atoms with E-state index in [2.05, 4.69) is 0 Å². The zero-order valence-corrected chi connectivity index (χ0v) is 18.5. The summed E-state index contributed by atoms with van der Waals surface area (Å²) in [5, 5.41) is 2.05. The molecule has 4 rings (SSSR count). The Balaban J connectivity index is 1.48. The summed E-state index contributed by atoms with van der Waals surface area (Å²) in [5.41, 5.74) is 2.39. The first-order chi connectivity index (χ1) is 15.5. The van der Waals surface area contributed by atoms with Crippen LogP contribution < -0.4 is 4.90 Å². The molecular weight excluding hydrogens is 402 g/mol. The summed E-state index contributed by atoms with van der Waals surface area (Å²) in [7, 11) is 0. The first-order valence-electron chi connectivity index (χ1n) is 10.9. The standard InChI is InChI=1S/C26H27N3O3/c1-3-13-27(26(32)22-12-11-20-8-4-5-9-21(20)15-22)16-24(30)28-17-25(31)29(18-28)23-10-6-7-19(2)14-23/h4-12,14-15H,3,13,16-18H2,1-2H3. The Morgan fingerprint density at radius 3 is 2.50 bits per heavy atom. The predicted octanol–water partition coefficient (Wildman–Crippen LogP) is 3.83. The van der Waals surface area contributed by atoms with Crippen molar-refractivity contribution in [2.75, 3.05) is 31.2 Å². The van der Waals surface area contributed by atoms with E-state index in [1.54, 1.807) is 15.9 Å². The SMILES string of the molecule is CCCN(CC(=O)N1CC(=O)N(c2cccc(C)c2)C1)C(=O)c1ccc2ccccc2c1. The van der Waals surface area contributed by atoms with Crippen molar-refractivity contribution in [2.24, 2.45) is 0 Å². The van der Waals surface area contributed by atoms with E-state index in [4.69, 9.17) is 0 Å². The minimum Gasteiger partial charge on any atom is -0.329 e. The van der Waals surface area contributed by atoms with Gasteiger partial charge in [-0.2, -0.15) is 0 Å². The summed E-state index contributed by atoms with van der Waals surface area (Å²) < 4.78 is 0. The van der Waals surface area contributed by atoms with E-state index < -0.39 is 0 Å². The lowest BCUT2D eigenvalue weighted by molar-refractivity contribution is -0.132. The van der Waals surface area contributed by atoms with Crippen LogP contribution in [0.1, 0.15) is 29.3 Å². The minimum atomic E-state index is -0.226. The van der Waals surface area contributed by atoms with Gasteiger partial charge in [-0.3, -0.25) is 19.3 Å². The average Bonchev–Trinajstić information content (AvgIpc) is 3.19. The first kappa shape index (κ1) is 21.6. The van der Waals surface area contributed by atoms with Crippen LogP contribution in [0.4, 0.5) is 5.69 Å². The Kier molecular flexibility index (Phi) is 6.21. The van der Waals surface area contributed by atoms with Crippen molar-refractivity contribution >= 4 is 34.2 Å². The van der Waals surface area contributed by atoms with Crippen molar-refractivity contribution in [3.63, 3.8) is 0 Å². The predicted molar refractivity (Wildman–Crippen MR) is 125 cm³/mol. The van der Waals surface area contributed by atoms with E-state index in [1.165, 1.54) is 4.90 Å². The van der Waals surface area contributed by atoms with Gasteiger partial charge in [-0.15, -0.1) is 0 Å². The largest absolute Gasteiger partial charge is 0.329 e. The zero-order chi connectivity index (χ0) is 22.7. The molecule has 1 aliphatic rings. The van der Waals surface area contributed by atoms with E-state index in [0.29, 0.717) is 12.1 Å². The van der Waals surface area contributed by atoms with Crippen LogP contribution >= 0.6 is 0 Å². The van der Waals surface area contributed by atoms with Crippen LogP contribution in [0.3, 0.4) is 0 Å². The monoisotopic (exact) mass is 429 g/mol. The molecule has 3 amide bonds. The molecule has 164 valence electrons. The molecule has 3 aromatic carbocycles. The van der Waals surface area contributed by atoms with Crippen LogP contribution in [-0.4, -0.2) is 53.8 Å². The highest BCUT2D eigenvalue weighted by atomic mass is 16.2. The molecule has 0 aliphatic carbocycles. The number of carbonyl (C=O) groups is 3. The molecular formula is C26H27N3O3. The number of fused-ring (bicyclic) bond motifs is 1. The number of benzene rings is 3. The van der Waals surface area contributed by atoms with E-state index in [9.17, 15) is 14.4 Å². The van der Waals surface area contributed by atoms with Gasteiger partial charge >= 0.3 is 0 Å². The molecule has 6 heteroatoms. The smallest absolute Gasteiger partial charge is 0.254 e. The quantitative estimate of drug-likeness (QED) is 0.598. The van der Waals surface area contributed by atoms with Gasteiger partial charge in [-0.1, -0.05) is 49.4 Å². The Labute approximate surface area is 188 Å². The molecule has 0 bridgehead atoms. The second-order valence-electron chi connectivity index (χ2n) is 8.18. The van der Waals surface area contributed by atoms with Gasteiger partial charge in [0.25, 0.3) is 5.91 Å². The lowest BCUT2D eigenvalue weighted by atomic mass is 10.1. The van der Waals surface area contributed by atoms with Crippen LogP contribution in [0.2, 0.25) is 0 Å². The lowest BCUT2D eigenvalue weighted by Crippen LogP contribution is -2.43. The number of hydrogen-bond donors (Lipinski definition) is 0. The van der Waals surface area contributed by atoms with Gasteiger partial charge in [0, 0.05) is 17.8 Å². The van der Waals surface area contributed by atoms with Crippen molar-refractivity contribution in [3.8, 4) is 0 Å². The van der Waals surface area contributed by atoms with Gasteiger partial charge in [0.1, 0.15) is 19.8 Å². The number of aryl methyl sites for hydroxylation is 1. The molecule has 6 nitrogen and oxygen atoms in total.